The SMILES string of the molecule is CC[C@H](C(=O)NC1CCCCC1)N(Cc1cccc(C)c1)C(=O)Cc1cccc(Cl)c1. The highest BCUT2D eigenvalue weighted by molar-refractivity contribution is 6.30. The first-order chi connectivity index (χ1) is 15.0. The fourth-order valence-corrected chi connectivity index (χ4v) is 4.61. The van der Waals surface area contributed by atoms with Crippen LogP contribution < -0.4 is 5.32 Å². The molecule has 0 unspecified atom stereocenters. The monoisotopic (exact) mass is 440 g/mol. The van der Waals surface area contributed by atoms with Gasteiger partial charge in [0, 0.05) is 17.6 Å². The minimum atomic E-state index is -0.492. The maximum atomic E-state index is 13.4. The number of amides is 2. The van der Waals surface area contributed by atoms with Gasteiger partial charge in [-0.3, -0.25) is 9.59 Å². The highest BCUT2D eigenvalue weighted by Crippen LogP contribution is 2.20. The van der Waals surface area contributed by atoms with Crippen molar-refractivity contribution in [3.8, 4) is 0 Å². The third kappa shape index (κ3) is 6.83. The molecule has 0 spiro atoms. The number of halogens is 1. The van der Waals surface area contributed by atoms with E-state index in [1.54, 1.807) is 11.0 Å². The van der Waals surface area contributed by atoms with Gasteiger partial charge in [0.05, 0.1) is 6.42 Å². The predicted molar refractivity (Wildman–Crippen MR) is 126 cm³/mol. The number of nitrogens with one attached hydrogen (secondary N) is 1. The van der Waals surface area contributed by atoms with Crippen molar-refractivity contribution >= 4 is 23.4 Å². The lowest BCUT2D eigenvalue weighted by atomic mass is 9.95. The maximum absolute atomic E-state index is 13.4. The highest BCUT2D eigenvalue weighted by Gasteiger charge is 2.30. The van der Waals surface area contributed by atoms with E-state index in [0.29, 0.717) is 18.0 Å². The van der Waals surface area contributed by atoms with E-state index < -0.39 is 6.04 Å². The third-order valence-electron chi connectivity index (χ3n) is 6.02. The van der Waals surface area contributed by atoms with Crippen molar-refractivity contribution in [1.82, 2.24) is 10.2 Å². The standard InChI is InChI=1S/C26H33ClN2O2/c1-3-24(26(31)28-23-13-5-4-6-14-23)29(18-21-11-7-9-19(2)15-21)25(30)17-20-10-8-12-22(27)16-20/h7-12,15-16,23-24H,3-6,13-14,17-18H2,1-2H3,(H,28,31)/t24-/m1/s1. The molecular weight excluding hydrogens is 408 g/mol. The molecular formula is C26H33ClN2O2. The van der Waals surface area contributed by atoms with Gasteiger partial charge in [0.2, 0.25) is 11.8 Å². The zero-order chi connectivity index (χ0) is 22.2. The lowest BCUT2D eigenvalue weighted by Gasteiger charge is -2.33. The molecule has 0 radical (unpaired) electrons. The molecule has 3 rings (SSSR count). The predicted octanol–water partition coefficient (Wildman–Crippen LogP) is 5.45. The smallest absolute Gasteiger partial charge is 0.243 e. The number of aryl methyl sites for hydroxylation is 1. The lowest BCUT2D eigenvalue weighted by Crippen LogP contribution is -2.51. The molecule has 31 heavy (non-hydrogen) atoms. The minimum Gasteiger partial charge on any atom is -0.352 e. The first kappa shape index (κ1) is 23.3. The second-order valence-corrected chi connectivity index (χ2v) is 9.02. The van der Waals surface area contributed by atoms with Crippen molar-refractivity contribution < 1.29 is 9.59 Å². The van der Waals surface area contributed by atoms with Gasteiger partial charge in [-0.2, -0.15) is 0 Å². The van der Waals surface area contributed by atoms with Crippen LogP contribution in [0, 0.1) is 6.92 Å². The second kappa shape index (κ2) is 11.3. The minimum absolute atomic E-state index is 0.0403. The number of carbonyl (C=O) groups is 2. The van der Waals surface area contributed by atoms with Crippen LogP contribution in [0.2, 0.25) is 5.02 Å². The first-order valence-corrected chi connectivity index (χ1v) is 11.7. The van der Waals surface area contributed by atoms with Gasteiger partial charge in [-0.05, 0) is 49.4 Å². The molecule has 0 bridgehead atoms. The van der Waals surface area contributed by atoms with Crippen molar-refractivity contribution in [1.29, 1.82) is 0 Å². The Hall–Kier alpha value is -2.33. The molecule has 4 nitrogen and oxygen atoms in total. The van der Waals surface area contributed by atoms with E-state index in [1.807, 2.05) is 50.2 Å². The Morgan fingerprint density at radius 2 is 1.77 bits per heavy atom. The normalized spacial score (nSPS) is 15.3. The van der Waals surface area contributed by atoms with Crippen LogP contribution in [0.25, 0.3) is 0 Å². The Balaban J connectivity index is 1.81. The summed E-state index contributed by atoms with van der Waals surface area (Å²) in [5.41, 5.74) is 3.03. The molecule has 1 fully saturated rings. The molecule has 1 N–H and O–H groups in total. The summed E-state index contributed by atoms with van der Waals surface area (Å²) in [6.45, 7) is 4.42. The van der Waals surface area contributed by atoms with Crippen molar-refractivity contribution in [2.75, 3.05) is 0 Å². The lowest BCUT2D eigenvalue weighted by molar-refractivity contribution is -0.141. The van der Waals surface area contributed by atoms with Crippen LogP contribution in [-0.4, -0.2) is 28.8 Å². The Kier molecular flexibility index (Phi) is 8.53. The second-order valence-electron chi connectivity index (χ2n) is 8.58. The summed E-state index contributed by atoms with van der Waals surface area (Å²) in [4.78, 5) is 28.4. The zero-order valence-electron chi connectivity index (χ0n) is 18.6. The molecule has 1 atom stereocenters. The van der Waals surface area contributed by atoms with Crippen molar-refractivity contribution in [3.05, 3.63) is 70.2 Å². The summed E-state index contributed by atoms with van der Waals surface area (Å²) in [6.07, 6.45) is 6.39. The fraction of sp³-hybridized carbons (Fsp3) is 0.462. The van der Waals surface area contributed by atoms with Crippen LogP contribution in [0.4, 0.5) is 0 Å². The number of nitrogens with zero attached hydrogens (tertiary/aromatic N) is 1. The van der Waals surface area contributed by atoms with Crippen molar-refractivity contribution in [3.63, 3.8) is 0 Å². The molecule has 2 aromatic carbocycles. The van der Waals surface area contributed by atoms with Crippen LogP contribution >= 0.6 is 11.6 Å². The van der Waals surface area contributed by atoms with Gasteiger partial charge in [0.15, 0.2) is 0 Å². The number of rotatable bonds is 8. The van der Waals surface area contributed by atoms with Crippen LogP contribution in [0.1, 0.15) is 62.1 Å². The zero-order valence-corrected chi connectivity index (χ0v) is 19.3. The van der Waals surface area contributed by atoms with E-state index in [-0.39, 0.29) is 24.3 Å². The van der Waals surface area contributed by atoms with Crippen LogP contribution in [0.15, 0.2) is 48.5 Å². The van der Waals surface area contributed by atoms with Gasteiger partial charge >= 0.3 is 0 Å². The topological polar surface area (TPSA) is 49.4 Å². The molecule has 2 amide bonds. The Labute approximate surface area is 191 Å². The summed E-state index contributed by atoms with van der Waals surface area (Å²) in [5, 5.41) is 3.83. The molecule has 1 aliphatic rings. The van der Waals surface area contributed by atoms with Crippen molar-refractivity contribution in [2.45, 2.75) is 77.4 Å². The quantitative estimate of drug-likeness (QED) is 0.593. The summed E-state index contributed by atoms with van der Waals surface area (Å²) in [7, 11) is 0. The largest absolute Gasteiger partial charge is 0.352 e. The van der Waals surface area contributed by atoms with E-state index >= 15 is 0 Å². The van der Waals surface area contributed by atoms with Crippen LogP contribution in [-0.2, 0) is 22.6 Å². The summed E-state index contributed by atoms with van der Waals surface area (Å²) in [6, 6.07) is 15.2. The van der Waals surface area contributed by atoms with Crippen LogP contribution in [0.3, 0.4) is 0 Å². The first-order valence-electron chi connectivity index (χ1n) is 11.4. The average molecular weight is 441 g/mol. The molecule has 0 heterocycles. The maximum Gasteiger partial charge on any atom is 0.243 e. The third-order valence-corrected chi connectivity index (χ3v) is 6.25. The number of hydrogen-bond donors (Lipinski definition) is 1. The summed E-state index contributed by atoms with van der Waals surface area (Å²) in [5.74, 6) is -0.101. The summed E-state index contributed by atoms with van der Waals surface area (Å²) < 4.78 is 0. The molecule has 0 saturated heterocycles. The fourth-order valence-electron chi connectivity index (χ4n) is 4.39. The average Bonchev–Trinajstić information content (AvgIpc) is 2.74. The summed E-state index contributed by atoms with van der Waals surface area (Å²) >= 11 is 6.11. The molecule has 1 aliphatic carbocycles. The van der Waals surface area contributed by atoms with Gasteiger partial charge in [0.1, 0.15) is 6.04 Å². The molecule has 0 aliphatic heterocycles. The van der Waals surface area contributed by atoms with E-state index in [0.717, 1.165) is 42.4 Å². The van der Waals surface area contributed by atoms with Gasteiger partial charge in [-0.25, -0.2) is 0 Å². The van der Waals surface area contributed by atoms with Crippen molar-refractivity contribution in [2.24, 2.45) is 0 Å². The van der Waals surface area contributed by atoms with E-state index in [9.17, 15) is 9.59 Å². The van der Waals surface area contributed by atoms with E-state index in [4.69, 9.17) is 11.6 Å². The molecule has 1 saturated carbocycles. The van der Waals surface area contributed by atoms with Gasteiger partial charge in [-0.15, -0.1) is 0 Å². The van der Waals surface area contributed by atoms with E-state index in [1.165, 1.54) is 6.42 Å². The number of benzene rings is 2. The van der Waals surface area contributed by atoms with E-state index in [2.05, 4.69) is 11.4 Å². The van der Waals surface area contributed by atoms with Gasteiger partial charge < -0.3 is 10.2 Å². The Bertz CT molecular complexity index is 892. The Morgan fingerprint density at radius 1 is 1.06 bits per heavy atom. The molecule has 5 heteroatoms. The van der Waals surface area contributed by atoms with Gasteiger partial charge in [-0.1, -0.05) is 79.7 Å². The highest BCUT2D eigenvalue weighted by atomic mass is 35.5. The number of hydrogen-bond acceptors (Lipinski definition) is 2. The number of carbonyl (C=O) groups excluding carboxylic acids is 2. The van der Waals surface area contributed by atoms with Crippen LogP contribution in [0.5, 0.6) is 0 Å². The van der Waals surface area contributed by atoms with Gasteiger partial charge in [0.25, 0.3) is 0 Å². The molecule has 166 valence electrons. The Morgan fingerprint density at radius 3 is 2.45 bits per heavy atom. The molecule has 2 aromatic rings. The molecule has 0 aromatic heterocycles.